The molecule has 1 aromatic rings. The van der Waals surface area contributed by atoms with Crippen LogP contribution in [-0.2, 0) is 13.0 Å². The van der Waals surface area contributed by atoms with Crippen LogP contribution >= 0.6 is 0 Å². The van der Waals surface area contributed by atoms with Gasteiger partial charge < -0.3 is 15.4 Å². The van der Waals surface area contributed by atoms with Crippen molar-refractivity contribution >= 4 is 0 Å². The van der Waals surface area contributed by atoms with Gasteiger partial charge >= 0.3 is 0 Å². The molecule has 0 aliphatic heterocycles. The molecule has 1 aliphatic carbocycles. The number of ether oxygens (including phenoxy) is 1. The maximum Gasteiger partial charge on any atom is 0.119 e. The molecule has 0 saturated heterocycles. The van der Waals surface area contributed by atoms with E-state index in [0.717, 1.165) is 31.6 Å². The Hall–Kier alpha value is -1.06. The van der Waals surface area contributed by atoms with Gasteiger partial charge in [-0.1, -0.05) is 6.07 Å². The van der Waals surface area contributed by atoms with Crippen molar-refractivity contribution in [1.82, 2.24) is 4.90 Å². The maximum absolute atomic E-state index is 6.17. The molecule has 3 nitrogen and oxygen atoms in total. The molecule has 0 atom stereocenters. The third-order valence-electron chi connectivity index (χ3n) is 3.21. The molecular weight excluding hydrogens is 212 g/mol. The third kappa shape index (κ3) is 3.45. The summed E-state index contributed by atoms with van der Waals surface area (Å²) < 4.78 is 5.35. The minimum atomic E-state index is 0.0573. The first-order valence-electron chi connectivity index (χ1n) is 6.11. The molecule has 0 aromatic heterocycles. The number of methoxy groups -OCH3 is 1. The van der Waals surface area contributed by atoms with Gasteiger partial charge in [0, 0.05) is 12.1 Å². The van der Waals surface area contributed by atoms with Crippen LogP contribution in [0.1, 0.15) is 24.0 Å². The molecule has 0 radical (unpaired) electrons. The number of hydrogen-bond donors (Lipinski definition) is 1. The predicted octanol–water partition coefficient (Wildman–Crippen LogP) is 1.79. The lowest BCUT2D eigenvalue weighted by Gasteiger charge is -2.15. The average Bonchev–Trinajstić information content (AvgIpc) is 2.94. The Kier molecular flexibility index (Phi) is 3.40. The fraction of sp³-hybridized carbons (Fsp3) is 0.571. The summed E-state index contributed by atoms with van der Waals surface area (Å²) in [5.41, 5.74) is 8.81. The van der Waals surface area contributed by atoms with Crippen molar-refractivity contribution in [2.45, 2.75) is 31.3 Å². The highest BCUT2D eigenvalue weighted by atomic mass is 16.5. The second-order valence-electron chi connectivity index (χ2n) is 5.47. The van der Waals surface area contributed by atoms with E-state index in [-0.39, 0.29) is 5.54 Å². The fourth-order valence-electron chi connectivity index (χ4n) is 2.15. The molecule has 3 heteroatoms. The van der Waals surface area contributed by atoms with E-state index < -0.39 is 0 Å². The average molecular weight is 234 g/mol. The molecule has 1 saturated carbocycles. The van der Waals surface area contributed by atoms with Gasteiger partial charge in [-0.3, -0.25) is 0 Å². The standard InChI is InChI=1S/C14H22N2O/c1-16(2)10-12-6-11(7-13(8-12)17-3)9-14(15)4-5-14/h6-8H,4-5,9-10,15H2,1-3H3. The summed E-state index contributed by atoms with van der Waals surface area (Å²) in [6.45, 7) is 0.932. The summed E-state index contributed by atoms with van der Waals surface area (Å²) in [6, 6.07) is 6.45. The zero-order chi connectivity index (χ0) is 12.5. The molecule has 0 amide bonds. The molecule has 2 N–H and O–H groups in total. The van der Waals surface area contributed by atoms with E-state index in [9.17, 15) is 0 Å². The monoisotopic (exact) mass is 234 g/mol. The lowest BCUT2D eigenvalue weighted by atomic mass is 10.0. The van der Waals surface area contributed by atoms with Gasteiger partial charge in [-0.25, -0.2) is 0 Å². The Balaban J connectivity index is 2.18. The molecule has 0 heterocycles. The minimum absolute atomic E-state index is 0.0573. The number of rotatable bonds is 5. The van der Waals surface area contributed by atoms with Crippen LogP contribution in [0.2, 0.25) is 0 Å². The highest BCUT2D eigenvalue weighted by molar-refractivity contribution is 5.36. The maximum atomic E-state index is 6.17. The van der Waals surface area contributed by atoms with Crippen molar-refractivity contribution < 1.29 is 4.74 Å². The van der Waals surface area contributed by atoms with Crippen LogP contribution in [0.15, 0.2) is 18.2 Å². The van der Waals surface area contributed by atoms with Crippen LogP contribution in [0.5, 0.6) is 5.75 Å². The van der Waals surface area contributed by atoms with Crippen molar-refractivity contribution in [3.63, 3.8) is 0 Å². The highest BCUT2D eigenvalue weighted by Gasteiger charge is 2.38. The molecule has 17 heavy (non-hydrogen) atoms. The molecule has 1 aromatic carbocycles. The number of nitrogens with two attached hydrogens (primary N) is 1. The van der Waals surface area contributed by atoms with E-state index in [2.05, 4.69) is 37.2 Å². The first-order valence-corrected chi connectivity index (χ1v) is 6.11. The normalized spacial score (nSPS) is 17.2. The van der Waals surface area contributed by atoms with Crippen molar-refractivity contribution in [1.29, 1.82) is 0 Å². The zero-order valence-electron chi connectivity index (χ0n) is 11.0. The summed E-state index contributed by atoms with van der Waals surface area (Å²) >= 11 is 0. The molecular formula is C14H22N2O. The van der Waals surface area contributed by atoms with E-state index in [4.69, 9.17) is 10.5 Å². The number of nitrogens with zero attached hydrogens (tertiary/aromatic N) is 1. The molecule has 94 valence electrons. The molecule has 2 rings (SSSR count). The van der Waals surface area contributed by atoms with E-state index in [1.807, 2.05) is 0 Å². The number of benzene rings is 1. The van der Waals surface area contributed by atoms with Crippen molar-refractivity contribution in [2.24, 2.45) is 5.73 Å². The fourth-order valence-corrected chi connectivity index (χ4v) is 2.15. The van der Waals surface area contributed by atoms with Gasteiger partial charge in [0.15, 0.2) is 0 Å². The summed E-state index contributed by atoms with van der Waals surface area (Å²) in [7, 11) is 5.86. The molecule has 0 bridgehead atoms. The van der Waals surface area contributed by atoms with Crippen LogP contribution in [-0.4, -0.2) is 31.6 Å². The topological polar surface area (TPSA) is 38.5 Å². The first-order chi connectivity index (χ1) is 8.00. The van der Waals surface area contributed by atoms with Crippen LogP contribution in [0, 0.1) is 0 Å². The van der Waals surface area contributed by atoms with Crippen LogP contribution < -0.4 is 10.5 Å². The van der Waals surface area contributed by atoms with Gasteiger partial charge in [-0.15, -0.1) is 0 Å². The van der Waals surface area contributed by atoms with E-state index >= 15 is 0 Å². The zero-order valence-corrected chi connectivity index (χ0v) is 11.0. The van der Waals surface area contributed by atoms with Gasteiger partial charge in [0.25, 0.3) is 0 Å². The third-order valence-corrected chi connectivity index (χ3v) is 3.21. The van der Waals surface area contributed by atoms with Crippen molar-refractivity contribution in [3.05, 3.63) is 29.3 Å². The largest absolute Gasteiger partial charge is 0.497 e. The summed E-state index contributed by atoms with van der Waals surface area (Å²) in [6.07, 6.45) is 3.26. The summed E-state index contributed by atoms with van der Waals surface area (Å²) in [5.74, 6) is 0.934. The van der Waals surface area contributed by atoms with Gasteiger partial charge in [0.05, 0.1) is 7.11 Å². The molecule has 1 aliphatic rings. The lowest BCUT2D eigenvalue weighted by Crippen LogP contribution is -2.24. The Morgan fingerprint density at radius 3 is 2.41 bits per heavy atom. The minimum Gasteiger partial charge on any atom is -0.497 e. The first kappa shape index (κ1) is 12.4. The van der Waals surface area contributed by atoms with E-state index in [0.29, 0.717) is 0 Å². The van der Waals surface area contributed by atoms with E-state index in [1.165, 1.54) is 11.1 Å². The van der Waals surface area contributed by atoms with Gasteiger partial charge in [0.1, 0.15) is 5.75 Å². The van der Waals surface area contributed by atoms with Crippen molar-refractivity contribution in [3.8, 4) is 5.75 Å². The summed E-state index contributed by atoms with van der Waals surface area (Å²) in [4.78, 5) is 2.16. The summed E-state index contributed by atoms with van der Waals surface area (Å²) in [5, 5.41) is 0. The Morgan fingerprint density at radius 2 is 1.88 bits per heavy atom. The molecule has 0 spiro atoms. The quantitative estimate of drug-likeness (QED) is 0.844. The van der Waals surface area contributed by atoms with Crippen molar-refractivity contribution in [2.75, 3.05) is 21.2 Å². The van der Waals surface area contributed by atoms with Crippen LogP contribution in [0.3, 0.4) is 0 Å². The van der Waals surface area contributed by atoms with Gasteiger partial charge in [-0.05, 0) is 56.6 Å². The Bertz CT molecular complexity index is 397. The molecule has 1 fully saturated rings. The number of hydrogen-bond acceptors (Lipinski definition) is 3. The highest BCUT2D eigenvalue weighted by Crippen LogP contribution is 2.36. The predicted molar refractivity (Wildman–Crippen MR) is 70.2 cm³/mol. The molecule has 0 unspecified atom stereocenters. The SMILES string of the molecule is COc1cc(CN(C)C)cc(CC2(N)CC2)c1. The Morgan fingerprint density at radius 1 is 1.24 bits per heavy atom. The van der Waals surface area contributed by atoms with Gasteiger partial charge in [-0.2, -0.15) is 0 Å². The lowest BCUT2D eigenvalue weighted by molar-refractivity contribution is 0.394. The Labute approximate surface area is 104 Å². The van der Waals surface area contributed by atoms with Gasteiger partial charge in [0.2, 0.25) is 0 Å². The smallest absolute Gasteiger partial charge is 0.119 e. The van der Waals surface area contributed by atoms with Crippen LogP contribution in [0.4, 0.5) is 0 Å². The van der Waals surface area contributed by atoms with Crippen LogP contribution in [0.25, 0.3) is 0 Å². The second-order valence-corrected chi connectivity index (χ2v) is 5.47. The second kappa shape index (κ2) is 4.67. The van der Waals surface area contributed by atoms with E-state index in [1.54, 1.807) is 7.11 Å².